The Hall–Kier alpha value is -6.71. The van der Waals surface area contributed by atoms with E-state index in [4.69, 9.17) is 4.98 Å². The van der Waals surface area contributed by atoms with Gasteiger partial charge in [-0.3, -0.25) is 0 Å². The van der Waals surface area contributed by atoms with Crippen molar-refractivity contribution in [2.75, 3.05) is 0 Å². The van der Waals surface area contributed by atoms with Crippen molar-refractivity contribution in [3.63, 3.8) is 0 Å². The number of fused-ring (bicyclic) bond motifs is 6. The lowest BCUT2D eigenvalue weighted by molar-refractivity contribution is 1.18. The first-order valence-corrected chi connectivity index (χ1v) is 17.1. The van der Waals surface area contributed by atoms with E-state index in [0.717, 1.165) is 28.2 Å². The highest BCUT2D eigenvalue weighted by molar-refractivity contribution is 6.12. The Morgan fingerprint density at radius 1 is 0.280 bits per heavy atom. The fraction of sp³-hybridized carbons (Fsp3) is 0. The Bertz CT molecular complexity index is 2840. The van der Waals surface area contributed by atoms with Crippen LogP contribution in [0.3, 0.4) is 0 Å². The third-order valence-corrected chi connectivity index (χ3v) is 9.93. The molecule has 3 aromatic heterocycles. The van der Waals surface area contributed by atoms with Crippen molar-refractivity contribution in [2.45, 2.75) is 0 Å². The molecule has 0 spiro atoms. The van der Waals surface area contributed by atoms with Gasteiger partial charge < -0.3 is 9.13 Å². The summed E-state index contributed by atoms with van der Waals surface area (Å²) in [6.45, 7) is 0. The summed E-state index contributed by atoms with van der Waals surface area (Å²) in [6.07, 6.45) is 0. The minimum absolute atomic E-state index is 0.966. The van der Waals surface area contributed by atoms with E-state index >= 15 is 0 Å². The smallest absolute Gasteiger partial charge is 0.0709 e. The summed E-state index contributed by atoms with van der Waals surface area (Å²) >= 11 is 0. The van der Waals surface area contributed by atoms with E-state index in [2.05, 4.69) is 191 Å². The van der Waals surface area contributed by atoms with Crippen LogP contribution in [0.25, 0.3) is 88.6 Å². The first-order chi connectivity index (χ1) is 24.8. The van der Waals surface area contributed by atoms with Crippen molar-refractivity contribution < 1.29 is 0 Å². The second-order valence-corrected chi connectivity index (χ2v) is 12.8. The third kappa shape index (κ3) is 4.56. The van der Waals surface area contributed by atoms with Gasteiger partial charge in [-0.25, -0.2) is 4.98 Å². The van der Waals surface area contributed by atoms with Gasteiger partial charge in [0.1, 0.15) is 0 Å². The number of pyridine rings is 1. The Balaban J connectivity index is 1.08. The van der Waals surface area contributed by atoms with Crippen molar-refractivity contribution in [1.82, 2.24) is 14.1 Å². The molecule has 3 heteroatoms. The van der Waals surface area contributed by atoms with Crippen LogP contribution in [0.4, 0.5) is 0 Å². The average molecular weight is 638 g/mol. The molecule has 0 aliphatic heterocycles. The largest absolute Gasteiger partial charge is 0.309 e. The van der Waals surface area contributed by atoms with Crippen molar-refractivity contribution in [3.05, 3.63) is 188 Å². The Morgan fingerprint density at radius 3 is 1.48 bits per heavy atom. The summed E-state index contributed by atoms with van der Waals surface area (Å²) in [6, 6.07) is 67.3. The SMILES string of the molecule is c1ccc(-c2cccc(-c3ccc(-n4c5ccccc5c5cc(-c6ccc7c8ccccc8n(-c8ccccc8)c7c6)ccc54)cc3)n2)cc1. The molecule has 10 aromatic rings. The van der Waals surface area contributed by atoms with E-state index in [9.17, 15) is 0 Å². The van der Waals surface area contributed by atoms with Gasteiger partial charge in [-0.05, 0) is 77.9 Å². The number of hydrogen-bond donors (Lipinski definition) is 0. The standard InChI is InChI=1S/C47H31N3/c1-3-12-32(13-4-1)42-18-11-19-43(48-42)33-22-26-37(27-23-33)49-45-21-10-8-17-39(45)41-30-34(25-29-46(41)49)35-24-28-40-38-16-7-9-20-44(38)50(47(40)31-35)36-14-5-2-6-15-36/h1-31H. The van der Waals surface area contributed by atoms with Crippen LogP contribution in [0.5, 0.6) is 0 Å². The predicted octanol–water partition coefficient (Wildman–Crippen LogP) is 12.3. The highest BCUT2D eigenvalue weighted by Gasteiger charge is 2.16. The minimum Gasteiger partial charge on any atom is -0.309 e. The second-order valence-electron chi connectivity index (χ2n) is 12.8. The maximum Gasteiger partial charge on any atom is 0.0709 e. The van der Waals surface area contributed by atoms with Gasteiger partial charge in [-0.15, -0.1) is 0 Å². The number of para-hydroxylation sites is 3. The first-order valence-electron chi connectivity index (χ1n) is 17.1. The van der Waals surface area contributed by atoms with E-state index in [1.54, 1.807) is 0 Å². The van der Waals surface area contributed by atoms with E-state index < -0.39 is 0 Å². The molecule has 0 unspecified atom stereocenters. The zero-order chi connectivity index (χ0) is 33.0. The van der Waals surface area contributed by atoms with Gasteiger partial charge in [0.2, 0.25) is 0 Å². The first kappa shape index (κ1) is 28.3. The second kappa shape index (κ2) is 11.5. The molecule has 0 radical (unpaired) electrons. The normalized spacial score (nSPS) is 11.6. The zero-order valence-corrected chi connectivity index (χ0v) is 27.2. The van der Waals surface area contributed by atoms with Gasteiger partial charge in [0.15, 0.2) is 0 Å². The maximum atomic E-state index is 4.99. The quantitative estimate of drug-likeness (QED) is 0.184. The van der Waals surface area contributed by atoms with Crippen molar-refractivity contribution in [3.8, 4) is 45.0 Å². The summed E-state index contributed by atoms with van der Waals surface area (Å²) in [7, 11) is 0. The lowest BCUT2D eigenvalue weighted by Gasteiger charge is -2.11. The van der Waals surface area contributed by atoms with E-state index in [0.29, 0.717) is 0 Å². The molecule has 50 heavy (non-hydrogen) atoms. The highest BCUT2D eigenvalue weighted by atomic mass is 15.0. The molecule has 3 heterocycles. The van der Waals surface area contributed by atoms with E-state index in [1.165, 1.54) is 60.4 Å². The molecule has 0 fully saturated rings. The number of aromatic nitrogens is 3. The summed E-state index contributed by atoms with van der Waals surface area (Å²) in [5.74, 6) is 0. The molecule has 0 saturated carbocycles. The lowest BCUT2D eigenvalue weighted by Crippen LogP contribution is -1.94. The highest BCUT2D eigenvalue weighted by Crippen LogP contribution is 2.38. The van der Waals surface area contributed by atoms with E-state index in [1.807, 2.05) is 6.07 Å². The number of rotatable bonds is 5. The Morgan fingerprint density at radius 2 is 0.760 bits per heavy atom. The molecule has 0 aliphatic rings. The fourth-order valence-electron chi connectivity index (χ4n) is 7.58. The van der Waals surface area contributed by atoms with Crippen molar-refractivity contribution in [1.29, 1.82) is 0 Å². The number of nitrogens with zero attached hydrogens (tertiary/aromatic N) is 3. The van der Waals surface area contributed by atoms with Gasteiger partial charge in [-0.2, -0.15) is 0 Å². The topological polar surface area (TPSA) is 22.8 Å². The molecule has 3 nitrogen and oxygen atoms in total. The minimum atomic E-state index is 0.966. The number of benzene rings is 7. The van der Waals surface area contributed by atoms with Crippen molar-refractivity contribution >= 4 is 43.6 Å². The van der Waals surface area contributed by atoms with Crippen LogP contribution in [-0.4, -0.2) is 14.1 Å². The predicted molar refractivity (Wildman–Crippen MR) is 209 cm³/mol. The molecule has 234 valence electrons. The summed E-state index contributed by atoms with van der Waals surface area (Å²) in [5, 5.41) is 5.01. The lowest BCUT2D eigenvalue weighted by atomic mass is 10.0. The van der Waals surface area contributed by atoms with Gasteiger partial charge in [0.05, 0.1) is 33.5 Å². The molecule has 10 rings (SSSR count). The van der Waals surface area contributed by atoms with Gasteiger partial charge in [0.25, 0.3) is 0 Å². The van der Waals surface area contributed by atoms with Crippen LogP contribution in [0.2, 0.25) is 0 Å². The number of hydrogen-bond acceptors (Lipinski definition) is 1. The van der Waals surface area contributed by atoms with Crippen LogP contribution in [-0.2, 0) is 0 Å². The molecule has 0 N–H and O–H groups in total. The van der Waals surface area contributed by atoms with Crippen molar-refractivity contribution in [2.24, 2.45) is 0 Å². The van der Waals surface area contributed by atoms with E-state index in [-0.39, 0.29) is 0 Å². The third-order valence-electron chi connectivity index (χ3n) is 9.93. The molecule has 0 bridgehead atoms. The summed E-state index contributed by atoms with van der Waals surface area (Å²) in [5.41, 5.74) is 13.7. The monoisotopic (exact) mass is 637 g/mol. The van der Waals surface area contributed by atoms with Crippen LogP contribution < -0.4 is 0 Å². The van der Waals surface area contributed by atoms with Crippen LogP contribution in [0.1, 0.15) is 0 Å². The molecular formula is C47H31N3. The Labute approximate surface area is 290 Å². The zero-order valence-electron chi connectivity index (χ0n) is 27.2. The fourth-order valence-corrected chi connectivity index (χ4v) is 7.58. The van der Waals surface area contributed by atoms with Crippen LogP contribution in [0, 0.1) is 0 Å². The van der Waals surface area contributed by atoms with Gasteiger partial charge in [0, 0.05) is 44.0 Å². The summed E-state index contributed by atoms with van der Waals surface area (Å²) < 4.78 is 4.76. The molecule has 0 amide bonds. The van der Waals surface area contributed by atoms with Crippen LogP contribution >= 0.6 is 0 Å². The molecule has 0 aliphatic carbocycles. The molecular weight excluding hydrogens is 607 g/mol. The molecule has 0 atom stereocenters. The van der Waals surface area contributed by atoms with Gasteiger partial charge in [-0.1, -0.05) is 121 Å². The molecule has 0 saturated heterocycles. The van der Waals surface area contributed by atoms with Crippen LogP contribution in [0.15, 0.2) is 188 Å². The van der Waals surface area contributed by atoms with Gasteiger partial charge >= 0.3 is 0 Å². The molecule has 7 aromatic carbocycles. The average Bonchev–Trinajstić information content (AvgIpc) is 3.71. The maximum absolute atomic E-state index is 4.99. The Kier molecular flexibility index (Phi) is 6.49. The summed E-state index contributed by atoms with van der Waals surface area (Å²) in [4.78, 5) is 4.99.